The predicted octanol–water partition coefficient (Wildman–Crippen LogP) is 2.16. The molecule has 0 saturated heterocycles. The molecule has 13 heavy (non-hydrogen) atoms. The maximum absolute atomic E-state index is 4.37. The first-order chi connectivity index (χ1) is 6.13. The fourth-order valence-electron chi connectivity index (χ4n) is 1.13. The van der Waals surface area contributed by atoms with Crippen LogP contribution in [0, 0.1) is 0 Å². The van der Waals surface area contributed by atoms with Crippen molar-refractivity contribution in [2.75, 3.05) is 0 Å². The summed E-state index contributed by atoms with van der Waals surface area (Å²) in [6, 6.07) is 0.501. The Morgan fingerprint density at radius 1 is 1.62 bits per heavy atom. The lowest BCUT2D eigenvalue weighted by Gasteiger charge is -2.08. The van der Waals surface area contributed by atoms with Crippen molar-refractivity contribution >= 4 is 15.9 Å². The van der Waals surface area contributed by atoms with Crippen LogP contribution in [0.3, 0.4) is 0 Å². The molecular formula is C9H16BrN3. The first kappa shape index (κ1) is 10.7. The second kappa shape index (κ2) is 4.77. The molecule has 0 spiro atoms. The monoisotopic (exact) mass is 245 g/mol. The number of aromatic nitrogens is 2. The number of hydrogen-bond donors (Lipinski definition) is 1. The van der Waals surface area contributed by atoms with Crippen molar-refractivity contribution in [1.29, 1.82) is 0 Å². The van der Waals surface area contributed by atoms with Crippen LogP contribution in [0.15, 0.2) is 10.8 Å². The quantitative estimate of drug-likeness (QED) is 0.882. The van der Waals surface area contributed by atoms with Gasteiger partial charge in [0.1, 0.15) is 10.4 Å². The highest BCUT2D eigenvalue weighted by Gasteiger charge is 2.04. The summed E-state index contributed by atoms with van der Waals surface area (Å²) < 4.78 is 3.05. The van der Waals surface area contributed by atoms with E-state index in [1.807, 2.05) is 6.20 Å². The van der Waals surface area contributed by atoms with Gasteiger partial charge in [-0.3, -0.25) is 0 Å². The Balaban J connectivity index is 2.64. The average molecular weight is 246 g/mol. The van der Waals surface area contributed by atoms with E-state index in [-0.39, 0.29) is 0 Å². The molecule has 1 N–H and O–H groups in total. The van der Waals surface area contributed by atoms with Crippen molar-refractivity contribution in [2.24, 2.45) is 0 Å². The lowest BCUT2D eigenvalue weighted by atomic mass is 10.4. The molecule has 0 bridgehead atoms. The summed E-state index contributed by atoms with van der Waals surface area (Å²) in [6.07, 6.45) is 2.01. The van der Waals surface area contributed by atoms with Crippen LogP contribution in [0.25, 0.3) is 0 Å². The molecule has 1 heterocycles. The van der Waals surface area contributed by atoms with Gasteiger partial charge in [-0.2, -0.15) is 0 Å². The van der Waals surface area contributed by atoms with E-state index in [0.29, 0.717) is 6.04 Å². The molecule has 1 aromatic rings. The molecule has 74 valence electrons. The molecule has 0 aliphatic rings. The summed E-state index contributed by atoms with van der Waals surface area (Å²) in [5.74, 6) is 1.09. The second-order valence-electron chi connectivity index (χ2n) is 3.30. The predicted molar refractivity (Wildman–Crippen MR) is 57.6 cm³/mol. The van der Waals surface area contributed by atoms with E-state index in [1.165, 1.54) is 0 Å². The van der Waals surface area contributed by atoms with E-state index in [2.05, 4.69) is 51.6 Å². The van der Waals surface area contributed by atoms with Crippen LogP contribution in [-0.2, 0) is 13.1 Å². The summed E-state index contributed by atoms with van der Waals surface area (Å²) in [7, 11) is 0. The topological polar surface area (TPSA) is 29.9 Å². The minimum Gasteiger partial charge on any atom is -0.333 e. The third kappa shape index (κ3) is 3.12. The van der Waals surface area contributed by atoms with Crippen LogP contribution < -0.4 is 5.32 Å². The molecular weight excluding hydrogens is 230 g/mol. The van der Waals surface area contributed by atoms with E-state index < -0.39 is 0 Å². The Kier molecular flexibility index (Phi) is 3.93. The number of nitrogens with zero attached hydrogens (tertiary/aromatic N) is 2. The summed E-state index contributed by atoms with van der Waals surface area (Å²) >= 11 is 3.37. The third-order valence-electron chi connectivity index (χ3n) is 1.84. The van der Waals surface area contributed by atoms with Crippen LogP contribution in [0.5, 0.6) is 0 Å². The summed E-state index contributed by atoms with van der Waals surface area (Å²) in [4.78, 5) is 4.37. The van der Waals surface area contributed by atoms with Crippen LogP contribution in [0.2, 0.25) is 0 Å². The Morgan fingerprint density at radius 2 is 2.31 bits per heavy atom. The van der Waals surface area contributed by atoms with Crippen LogP contribution in [-0.4, -0.2) is 15.6 Å². The highest BCUT2D eigenvalue weighted by molar-refractivity contribution is 9.10. The Bertz CT molecular complexity index is 268. The lowest BCUT2D eigenvalue weighted by Crippen LogP contribution is -2.23. The van der Waals surface area contributed by atoms with E-state index in [1.54, 1.807) is 0 Å². The molecule has 0 atom stereocenters. The zero-order valence-electron chi connectivity index (χ0n) is 8.34. The minimum absolute atomic E-state index is 0.501. The van der Waals surface area contributed by atoms with E-state index >= 15 is 0 Å². The Morgan fingerprint density at radius 3 is 2.85 bits per heavy atom. The van der Waals surface area contributed by atoms with Crippen LogP contribution >= 0.6 is 15.9 Å². The van der Waals surface area contributed by atoms with Crippen molar-refractivity contribution in [1.82, 2.24) is 14.9 Å². The molecule has 0 amide bonds. The van der Waals surface area contributed by atoms with Gasteiger partial charge >= 0.3 is 0 Å². The third-order valence-corrected chi connectivity index (χ3v) is 2.22. The zero-order chi connectivity index (χ0) is 9.84. The van der Waals surface area contributed by atoms with E-state index in [4.69, 9.17) is 0 Å². The van der Waals surface area contributed by atoms with E-state index in [9.17, 15) is 0 Å². The highest BCUT2D eigenvalue weighted by Crippen LogP contribution is 2.09. The molecule has 1 rings (SSSR count). The molecule has 0 aliphatic carbocycles. The molecule has 1 aromatic heterocycles. The minimum atomic E-state index is 0.501. The van der Waals surface area contributed by atoms with Gasteiger partial charge in [-0.15, -0.1) is 0 Å². The van der Waals surface area contributed by atoms with Crippen molar-refractivity contribution < 1.29 is 0 Å². The van der Waals surface area contributed by atoms with Gasteiger partial charge in [0.25, 0.3) is 0 Å². The number of nitrogens with one attached hydrogen (secondary N) is 1. The Labute approximate surface area is 87.7 Å². The number of rotatable bonds is 4. The zero-order valence-corrected chi connectivity index (χ0v) is 9.93. The normalized spacial score (nSPS) is 11.2. The summed E-state index contributed by atoms with van der Waals surface area (Å²) in [5.41, 5.74) is 0. The first-order valence-electron chi connectivity index (χ1n) is 4.58. The molecule has 0 aliphatic heterocycles. The van der Waals surface area contributed by atoms with Gasteiger partial charge < -0.3 is 9.88 Å². The van der Waals surface area contributed by atoms with Crippen LogP contribution in [0.1, 0.15) is 26.6 Å². The molecule has 3 nitrogen and oxygen atoms in total. The molecule has 0 aromatic carbocycles. The highest BCUT2D eigenvalue weighted by atomic mass is 79.9. The fourth-order valence-corrected chi connectivity index (χ4v) is 1.58. The van der Waals surface area contributed by atoms with Crippen LogP contribution in [0.4, 0.5) is 0 Å². The van der Waals surface area contributed by atoms with Crippen molar-refractivity contribution in [3.63, 3.8) is 0 Å². The smallest absolute Gasteiger partial charge is 0.124 e. The maximum atomic E-state index is 4.37. The molecule has 4 heteroatoms. The van der Waals surface area contributed by atoms with Gasteiger partial charge in [0.05, 0.1) is 6.54 Å². The van der Waals surface area contributed by atoms with Gasteiger partial charge in [0, 0.05) is 18.8 Å². The van der Waals surface area contributed by atoms with Crippen molar-refractivity contribution in [3.8, 4) is 0 Å². The number of imidazole rings is 1. The number of hydrogen-bond acceptors (Lipinski definition) is 2. The van der Waals surface area contributed by atoms with Gasteiger partial charge in [-0.1, -0.05) is 13.8 Å². The fraction of sp³-hybridized carbons (Fsp3) is 0.667. The number of halogens is 1. The summed E-state index contributed by atoms with van der Waals surface area (Å²) in [5, 5.41) is 3.35. The van der Waals surface area contributed by atoms with Crippen molar-refractivity contribution in [2.45, 2.75) is 39.9 Å². The molecule has 0 unspecified atom stereocenters. The second-order valence-corrected chi connectivity index (χ2v) is 4.11. The number of aryl methyl sites for hydroxylation is 1. The van der Waals surface area contributed by atoms with Gasteiger partial charge in [-0.25, -0.2) is 4.98 Å². The summed E-state index contributed by atoms with van der Waals surface area (Å²) in [6.45, 7) is 8.18. The average Bonchev–Trinajstić information content (AvgIpc) is 2.42. The van der Waals surface area contributed by atoms with E-state index in [0.717, 1.165) is 23.5 Å². The standard InChI is InChI=1S/C9H16BrN3/c1-4-13-6-8(10)12-9(13)5-11-7(2)3/h6-7,11H,4-5H2,1-3H3. The molecule has 0 radical (unpaired) electrons. The van der Waals surface area contributed by atoms with Gasteiger partial charge in [0.2, 0.25) is 0 Å². The molecule has 0 fully saturated rings. The lowest BCUT2D eigenvalue weighted by molar-refractivity contribution is 0.551. The van der Waals surface area contributed by atoms with Gasteiger partial charge in [-0.05, 0) is 22.9 Å². The largest absolute Gasteiger partial charge is 0.333 e. The SMILES string of the molecule is CCn1cc(Br)nc1CNC(C)C. The maximum Gasteiger partial charge on any atom is 0.124 e. The Hall–Kier alpha value is -0.350. The first-order valence-corrected chi connectivity index (χ1v) is 5.37. The van der Waals surface area contributed by atoms with Crippen molar-refractivity contribution in [3.05, 3.63) is 16.6 Å². The molecule has 0 saturated carbocycles. The van der Waals surface area contributed by atoms with Gasteiger partial charge in [0.15, 0.2) is 0 Å².